The summed E-state index contributed by atoms with van der Waals surface area (Å²) in [5.74, 6) is 0. The van der Waals surface area contributed by atoms with Gasteiger partial charge in [0.2, 0.25) is 0 Å². The van der Waals surface area contributed by atoms with Crippen molar-refractivity contribution in [1.82, 2.24) is 10.6 Å². The van der Waals surface area contributed by atoms with E-state index in [2.05, 4.69) is 10.6 Å². The molecule has 0 unspecified atom stereocenters. The van der Waals surface area contributed by atoms with E-state index in [0.717, 1.165) is 32.3 Å². The van der Waals surface area contributed by atoms with Gasteiger partial charge in [-0.1, -0.05) is 0 Å². The van der Waals surface area contributed by atoms with Gasteiger partial charge < -0.3 is 15.4 Å². The molecule has 1 fully saturated rings. The van der Waals surface area contributed by atoms with Crippen molar-refractivity contribution in [2.24, 2.45) is 0 Å². The Morgan fingerprint density at radius 3 is 2.69 bits per heavy atom. The predicted octanol–water partition coefficient (Wildman–Crippen LogP) is 0.755. The lowest BCUT2D eigenvalue weighted by Crippen LogP contribution is -2.29. The van der Waals surface area contributed by atoms with Crippen LogP contribution in [0.1, 0.15) is 25.7 Å². The van der Waals surface area contributed by atoms with Crippen LogP contribution >= 0.6 is 0 Å². The zero-order valence-electron chi connectivity index (χ0n) is 8.64. The number of rotatable bonds is 9. The van der Waals surface area contributed by atoms with Crippen LogP contribution in [-0.2, 0) is 4.74 Å². The van der Waals surface area contributed by atoms with Crippen LogP contribution in [0.15, 0.2) is 0 Å². The quantitative estimate of drug-likeness (QED) is 0.521. The van der Waals surface area contributed by atoms with Crippen molar-refractivity contribution in [3.63, 3.8) is 0 Å². The second-order valence-electron chi connectivity index (χ2n) is 3.68. The molecule has 0 aromatic carbocycles. The monoisotopic (exact) mass is 186 g/mol. The molecule has 0 aliphatic heterocycles. The van der Waals surface area contributed by atoms with Crippen LogP contribution in [0.2, 0.25) is 0 Å². The normalized spacial score (nSPS) is 16.4. The van der Waals surface area contributed by atoms with Gasteiger partial charge in [0.25, 0.3) is 0 Å². The minimum Gasteiger partial charge on any atom is -0.385 e. The number of hydrogen-bond acceptors (Lipinski definition) is 3. The Morgan fingerprint density at radius 1 is 1.15 bits per heavy atom. The summed E-state index contributed by atoms with van der Waals surface area (Å²) in [6.07, 6.45) is 5.15. The number of unbranched alkanes of at least 4 members (excludes halogenated alkanes) is 1. The molecule has 0 saturated heterocycles. The molecular formula is C10H22N2O. The summed E-state index contributed by atoms with van der Waals surface area (Å²) in [6.45, 7) is 4.23. The topological polar surface area (TPSA) is 33.3 Å². The maximum absolute atomic E-state index is 4.97. The molecule has 1 rings (SSSR count). The lowest BCUT2D eigenvalue weighted by molar-refractivity contribution is 0.192. The van der Waals surface area contributed by atoms with E-state index in [9.17, 15) is 0 Å². The van der Waals surface area contributed by atoms with Crippen LogP contribution in [0.25, 0.3) is 0 Å². The molecule has 0 heterocycles. The van der Waals surface area contributed by atoms with E-state index in [4.69, 9.17) is 4.74 Å². The minimum absolute atomic E-state index is 0.843. The van der Waals surface area contributed by atoms with Crippen LogP contribution in [-0.4, -0.2) is 39.4 Å². The molecule has 0 radical (unpaired) electrons. The average molecular weight is 186 g/mol. The first kappa shape index (κ1) is 11.0. The maximum atomic E-state index is 4.97. The molecule has 0 aromatic heterocycles. The third-order valence-corrected chi connectivity index (χ3v) is 2.26. The standard InChI is InChI=1S/C10H22N2O/c1-13-9-3-2-6-11-7-8-12-10-4-5-10/h10-12H,2-9H2,1H3. The summed E-state index contributed by atoms with van der Waals surface area (Å²) in [4.78, 5) is 0. The number of methoxy groups -OCH3 is 1. The summed E-state index contributed by atoms with van der Waals surface area (Å²) in [6, 6.07) is 0.843. The van der Waals surface area contributed by atoms with E-state index in [0.29, 0.717) is 0 Å². The first-order valence-corrected chi connectivity index (χ1v) is 5.36. The van der Waals surface area contributed by atoms with Crippen molar-refractivity contribution in [1.29, 1.82) is 0 Å². The summed E-state index contributed by atoms with van der Waals surface area (Å²) in [7, 11) is 1.76. The largest absolute Gasteiger partial charge is 0.385 e. The molecule has 1 aliphatic rings. The van der Waals surface area contributed by atoms with E-state index < -0.39 is 0 Å². The number of nitrogens with one attached hydrogen (secondary N) is 2. The van der Waals surface area contributed by atoms with E-state index >= 15 is 0 Å². The van der Waals surface area contributed by atoms with E-state index in [1.165, 1.54) is 25.7 Å². The molecule has 1 saturated carbocycles. The van der Waals surface area contributed by atoms with Gasteiger partial charge in [-0.3, -0.25) is 0 Å². The maximum Gasteiger partial charge on any atom is 0.0462 e. The van der Waals surface area contributed by atoms with Gasteiger partial charge in [0.1, 0.15) is 0 Å². The molecule has 0 bridgehead atoms. The van der Waals surface area contributed by atoms with Gasteiger partial charge in [-0.25, -0.2) is 0 Å². The van der Waals surface area contributed by atoms with Gasteiger partial charge in [-0.2, -0.15) is 0 Å². The average Bonchev–Trinajstić information content (AvgIpc) is 2.93. The molecule has 0 aromatic rings. The Balaban J connectivity index is 1.63. The Bertz CT molecular complexity index is 115. The van der Waals surface area contributed by atoms with Gasteiger partial charge in [0.05, 0.1) is 0 Å². The van der Waals surface area contributed by atoms with Gasteiger partial charge in [0.15, 0.2) is 0 Å². The third-order valence-electron chi connectivity index (χ3n) is 2.26. The molecule has 0 atom stereocenters. The van der Waals surface area contributed by atoms with Crippen molar-refractivity contribution in [2.45, 2.75) is 31.7 Å². The van der Waals surface area contributed by atoms with Crippen molar-refractivity contribution < 1.29 is 4.74 Å². The first-order valence-electron chi connectivity index (χ1n) is 5.36. The highest BCUT2D eigenvalue weighted by Crippen LogP contribution is 2.17. The number of ether oxygens (including phenoxy) is 1. The summed E-state index contributed by atoms with van der Waals surface area (Å²) < 4.78 is 4.97. The molecule has 0 amide bonds. The molecule has 78 valence electrons. The van der Waals surface area contributed by atoms with Crippen molar-refractivity contribution in [3.05, 3.63) is 0 Å². The molecule has 0 spiro atoms. The Labute approximate surface area is 81.2 Å². The lowest BCUT2D eigenvalue weighted by Gasteiger charge is -2.05. The lowest BCUT2D eigenvalue weighted by atomic mass is 10.3. The van der Waals surface area contributed by atoms with Crippen LogP contribution in [0.4, 0.5) is 0 Å². The van der Waals surface area contributed by atoms with Gasteiger partial charge in [0, 0.05) is 32.8 Å². The van der Waals surface area contributed by atoms with E-state index in [1.54, 1.807) is 7.11 Å². The van der Waals surface area contributed by atoms with Crippen LogP contribution in [0.3, 0.4) is 0 Å². The molecule has 2 N–H and O–H groups in total. The molecule has 13 heavy (non-hydrogen) atoms. The smallest absolute Gasteiger partial charge is 0.0462 e. The second-order valence-corrected chi connectivity index (χ2v) is 3.68. The summed E-state index contributed by atoms with van der Waals surface area (Å²) in [5.41, 5.74) is 0. The predicted molar refractivity (Wildman–Crippen MR) is 55.0 cm³/mol. The summed E-state index contributed by atoms with van der Waals surface area (Å²) in [5, 5.41) is 6.88. The number of hydrogen-bond donors (Lipinski definition) is 2. The molecule has 3 nitrogen and oxygen atoms in total. The van der Waals surface area contributed by atoms with Crippen LogP contribution in [0.5, 0.6) is 0 Å². The van der Waals surface area contributed by atoms with Crippen molar-refractivity contribution >= 4 is 0 Å². The summed E-state index contributed by atoms with van der Waals surface area (Å²) >= 11 is 0. The van der Waals surface area contributed by atoms with Crippen molar-refractivity contribution in [2.75, 3.05) is 33.4 Å². The zero-order chi connectivity index (χ0) is 9.36. The third kappa shape index (κ3) is 6.99. The Morgan fingerprint density at radius 2 is 2.00 bits per heavy atom. The van der Waals surface area contributed by atoms with Crippen LogP contribution < -0.4 is 10.6 Å². The minimum atomic E-state index is 0.843. The SMILES string of the molecule is COCCCCNCCNC1CC1. The van der Waals surface area contributed by atoms with E-state index in [-0.39, 0.29) is 0 Å². The Kier molecular flexibility index (Phi) is 6.15. The highest BCUT2D eigenvalue weighted by atomic mass is 16.5. The zero-order valence-corrected chi connectivity index (χ0v) is 8.64. The fourth-order valence-electron chi connectivity index (χ4n) is 1.27. The first-order chi connectivity index (χ1) is 6.43. The van der Waals surface area contributed by atoms with Crippen molar-refractivity contribution in [3.8, 4) is 0 Å². The van der Waals surface area contributed by atoms with Gasteiger partial charge in [-0.15, -0.1) is 0 Å². The molecule has 1 aliphatic carbocycles. The van der Waals surface area contributed by atoms with Gasteiger partial charge >= 0.3 is 0 Å². The highest BCUT2D eigenvalue weighted by Gasteiger charge is 2.19. The van der Waals surface area contributed by atoms with Gasteiger partial charge in [-0.05, 0) is 32.2 Å². The van der Waals surface area contributed by atoms with E-state index in [1.807, 2.05) is 0 Å². The fraction of sp³-hybridized carbons (Fsp3) is 1.00. The molecule has 3 heteroatoms. The second kappa shape index (κ2) is 7.30. The Hall–Kier alpha value is -0.120. The fourth-order valence-corrected chi connectivity index (χ4v) is 1.27. The highest BCUT2D eigenvalue weighted by molar-refractivity contribution is 4.80. The van der Waals surface area contributed by atoms with Crippen LogP contribution in [0, 0.1) is 0 Å². The molecular weight excluding hydrogens is 164 g/mol.